The zero-order valence-electron chi connectivity index (χ0n) is 24.7. The van der Waals surface area contributed by atoms with Crippen molar-refractivity contribution in [3.05, 3.63) is 92.9 Å². The molecule has 0 unspecified atom stereocenters. The van der Waals surface area contributed by atoms with Crippen LogP contribution in [0.1, 0.15) is 85.1 Å². The Labute approximate surface area is 249 Å². The second kappa shape index (κ2) is 13.3. The van der Waals surface area contributed by atoms with Gasteiger partial charge < -0.3 is 20.3 Å². The minimum atomic E-state index is -1.44. The lowest BCUT2D eigenvalue weighted by Crippen LogP contribution is -2.49. The maximum Gasteiger partial charge on any atom is 0.305 e. The third kappa shape index (κ3) is 7.18. The van der Waals surface area contributed by atoms with Crippen LogP contribution in [-0.2, 0) is 9.59 Å². The van der Waals surface area contributed by atoms with Gasteiger partial charge in [-0.25, -0.2) is 8.78 Å². The predicted molar refractivity (Wildman–Crippen MR) is 159 cm³/mol. The SMILES string of the molecule is Cc1cccc(C)c1-c1cc(F)c(F)c([C@H](CC(=O)O)NC(=O)[C@H](CC(C)C)NC(=O)c2cccn(C3CCC3)c2=O)c1. The highest BCUT2D eigenvalue weighted by Gasteiger charge is 2.30. The highest BCUT2D eigenvalue weighted by atomic mass is 19.2. The van der Waals surface area contributed by atoms with Crippen molar-refractivity contribution in [3.8, 4) is 11.1 Å². The van der Waals surface area contributed by atoms with E-state index in [4.69, 9.17) is 0 Å². The van der Waals surface area contributed by atoms with Crippen LogP contribution < -0.4 is 16.2 Å². The van der Waals surface area contributed by atoms with E-state index < -0.39 is 53.5 Å². The number of carboxylic acids is 1. The molecular formula is C33H37F2N3O5. The van der Waals surface area contributed by atoms with Crippen molar-refractivity contribution in [2.75, 3.05) is 0 Å². The Morgan fingerprint density at radius 3 is 2.28 bits per heavy atom. The van der Waals surface area contributed by atoms with E-state index in [1.165, 1.54) is 16.7 Å². The minimum Gasteiger partial charge on any atom is -0.481 e. The molecule has 4 rings (SSSR count). The summed E-state index contributed by atoms with van der Waals surface area (Å²) in [6.45, 7) is 7.31. The molecule has 1 aliphatic rings. The number of nitrogens with one attached hydrogen (secondary N) is 2. The lowest BCUT2D eigenvalue weighted by Gasteiger charge is -2.28. The number of nitrogens with zero attached hydrogens (tertiary/aromatic N) is 1. The fourth-order valence-electron chi connectivity index (χ4n) is 5.54. The molecule has 1 aliphatic carbocycles. The highest BCUT2D eigenvalue weighted by molar-refractivity contribution is 5.97. The molecule has 2 atom stereocenters. The molecule has 3 aromatic rings. The normalized spacial score (nSPS) is 14.6. The van der Waals surface area contributed by atoms with Gasteiger partial charge in [0.15, 0.2) is 11.6 Å². The van der Waals surface area contributed by atoms with Gasteiger partial charge in [-0.2, -0.15) is 0 Å². The van der Waals surface area contributed by atoms with Crippen molar-refractivity contribution in [1.82, 2.24) is 15.2 Å². The Morgan fingerprint density at radius 2 is 1.70 bits per heavy atom. The fourth-order valence-corrected chi connectivity index (χ4v) is 5.54. The average Bonchev–Trinajstić information content (AvgIpc) is 2.89. The maximum atomic E-state index is 15.2. The molecule has 228 valence electrons. The summed E-state index contributed by atoms with van der Waals surface area (Å²) >= 11 is 0. The molecule has 10 heteroatoms. The monoisotopic (exact) mass is 593 g/mol. The molecule has 2 aromatic carbocycles. The number of rotatable bonds is 11. The molecule has 8 nitrogen and oxygen atoms in total. The van der Waals surface area contributed by atoms with Gasteiger partial charge in [-0.05, 0) is 92.0 Å². The molecule has 1 heterocycles. The molecule has 1 fully saturated rings. The molecule has 0 saturated heterocycles. The summed E-state index contributed by atoms with van der Waals surface area (Å²) in [5.41, 5.74) is 1.73. The van der Waals surface area contributed by atoms with Gasteiger partial charge in [0.05, 0.1) is 12.5 Å². The molecule has 0 radical (unpaired) electrons. The lowest BCUT2D eigenvalue weighted by molar-refractivity contribution is -0.137. The summed E-state index contributed by atoms with van der Waals surface area (Å²) in [5, 5.41) is 14.8. The molecule has 0 spiro atoms. The Morgan fingerprint density at radius 1 is 1.02 bits per heavy atom. The number of carbonyl (C=O) groups excluding carboxylic acids is 2. The molecule has 1 aromatic heterocycles. The van der Waals surface area contributed by atoms with Crippen LogP contribution in [0.2, 0.25) is 0 Å². The van der Waals surface area contributed by atoms with E-state index in [9.17, 15) is 28.7 Å². The molecule has 0 aliphatic heterocycles. The second-order valence-corrected chi connectivity index (χ2v) is 11.7. The van der Waals surface area contributed by atoms with Crippen molar-refractivity contribution >= 4 is 17.8 Å². The second-order valence-electron chi connectivity index (χ2n) is 11.7. The van der Waals surface area contributed by atoms with Crippen LogP contribution in [0.15, 0.2) is 53.5 Å². The van der Waals surface area contributed by atoms with Crippen molar-refractivity contribution in [3.63, 3.8) is 0 Å². The van der Waals surface area contributed by atoms with Crippen molar-refractivity contribution < 1.29 is 28.3 Å². The first kappa shape index (κ1) is 31.6. The third-order valence-corrected chi connectivity index (χ3v) is 7.91. The number of carboxylic acid groups (broad SMARTS) is 1. The van der Waals surface area contributed by atoms with Crippen LogP contribution in [0.4, 0.5) is 8.78 Å². The van der Waals surface area contributed by atoms with E-state index in [1.54, 1.807) is 12.3 Å². The van der Waals surface area contributed by atoms with Crippen LogP contribution in [-0.4, -0.2) is 33.5 Å². The number of hydrogen-bond acceptors (Lipinski definition) is 4. The van der Waals surface area contributed by atoms with E-state index >= 15 is 4.39 Å². The Bertz CT molecular complexity index is 1580. The largest absolute Gasteiger partial charge is 0.481 e. The number of pyridine rings is 1. The minimum absolute atomic E-state index is 0.0290. The lowest BCUT2D eigenvalue weighted by atomic mass is 9.92. The summed E-state index contributed by atoms with van der Waals surface area (Å²) in [6.07, 6.45) is 3.75. The standard InChI is InChI=1S/C33H37F2N3O5/c1-18(2)14-27(37-31(41)23-12-7-13-38(33(23)43)22-10-6-11-22)32(42)36-26(17-28(39)40)24-15-21(16-25(34)30(24)35)29-19(3)8-5-9-20(29)4/h5,7-9,12-13,15-16,18,22,26-27H,6,10-11,14,17H2,1-4H3,(H,36,42)(H,37,41)(H,39,40)/t26-,27-/m0/s1. The zero-order valence-corrected chi connectivity index (χ0v) is 24.7. The number of aryl methyl sites for hydroxylation is 2. The summed E-state index contributed by atoms with van der Waals surface area (Å²) in [7, 11) is 0. The van der Waals surface area contributed by atoms with Crippen LogP contribution in [0.25, 0.3) is 11.1 Å². The molecule has 3 N–H and O–H groups in total. The Balaban J connectivity index is 1.65. The van der Waals surface area contributed by atoms with E-state index in [0.717, 1.165) is 36.5 Å². The van der Waals surface area contributed by atoms with Crippen molar-refractivity contribution in [2.24, 2.45) is 5.92 Å². The first-order valence-electron chi connectivity index (χ1n) is 14.5. The summed E-state index contributed by atoms with van der Waals surface area (Å²) in [4.78, 5) is 51.6. The van der Waals surface area contributed by atoms with Crippen LogP contribution in [0.3, 0.4) is 0 Å². The van der Waals surface area contributed by atoms with Gasteiger partial charge in [0.25, 0.3) is 11.5 Å². The van der Waals surface area contributed by atoms with E-state index in [2.05, 4.69) is 10.6 Å². The van der Waals surface area contributed by atoms with Gasteiger partial charge in [0.2, 0.25) is 5.91 Å². The molecule has 43 heavy (non-hydrogen) atoms. The zero-order chi connectivity index (χ0) is 31.4. The van der Waals surface area contributed by atoms with Gasteiger partial charge in [-0.15, -0.1) is 0 Å². The third-order valence-electron chi connectivity index (χ3n) is 7.91. The van der Waals surface area contributed by atoms with Gasteiger partial charge in [-0.1, -0.05) is 32.0 Å². The molecule has 1 saturated carbocycles. The molecular weight excluding hydrogens is 556 g/mol. The predicted octanol–water partition coefficient (Wildman–Crippen LogP) is 5.61. The summed E-state index contributed by atoms with van der Waals surface area (Å²) in [6, 6.07) is 8.30. The van der Waals surface area contributed by atoms with Crippen LogP contribution in [0.5, 0.6) is 0 Å². The number of carbonyl (C=O) groups is 3. The van der Waals surface area contributed by atoms with Crippen molar-refractivity contribution in [2.45, 2.75) is 77.9 Å². The van der Waals surface area contributed by atoms with Gasteiger partial charge >= 0.3 is 5.97 Å². The topological polar surface area (TPSA) is 118 Å². The molecule has 2 amide bonds. The molecule has 0 bridgehead atoms. The average molecular weight is 594 g/mol. The van der Waals surface area contributed by atoms with E-state index in [0.29, 0.717) is 11.1 Å². The van der Waals surface area contributed by atoms with E-state index in [1.807, 2.05) is 45.9 Å². The van der Waals surface area contributed by atoms with Gasteiger partial charge in [0.1, 0.15) is 11.6 Å². The maximum absolute atomic E-state index is 15.2. The number of hydrogen-bond donors (Lipinski definition) is 3. The summed E-state index contributed by atoms with van der Waals surface area (Å²) < 4.78 is 31.7. The fraction of sp³-hybridized carbons (Fsp3) is 0.394. The first-order chi connectivity index (χ1) is 20.4. The van der Waals surface area contributed by atoms with Gasteiger partial charge in [0, 0.05) is 17.8 Å². The quantitative estimate of drug-likeness (QED) is 0.267. The highest BCUT2D eigenvalue weighted by Crippen LogP contribution is 2.33. The van der Waals surface area contributed by atoms with Crippen molar-refractivity contribution in [1.29, 1.82) is 0 Å². The smallest absolute Gasteiger partial charge is 0.305 e. The number of amides is 2. The van der Waals surface area contributed by atoms with Crippen LogP contribution in [0, 0.1) is 31.4 Å². The Hall–Kier alpha value is -4.34. The summed E-state index contributed by atoms with van der Waals surface area (Å²) in [5.74, 6) is -5.40. The van der Waals surface area contributed by atoms with Gasteiger partial charge in [-0.3, -0.25) is 19.2 Å². The first-order valence-corrected chi connectivity index (χ1v) is 14.5. The Kier molecular flexibility index (Phi) is 9.78. The number of aromatic nitrogens is 1. The number of halogens is 2. The number of benzene rings is 2. The van der Waals surface area contributed by atoms with E-state index in [-0.39, 0.29) is 29.5 Å². The number of aliphatic carboxylic acids is 1. The van der Waals surface area contributed by atoms with Crippen LogP contribution >= 0.6 is 0 Å².